The van der Waals surface area contributed by atoms with Gasteiger partial charge in [-0.25, -0.2) is 15.0 Å². The fourth-order valence-corrected chi connectivity index (χ4v) is 3.07. The van der Waals surface area contributed by atoms with E-state index >= 15 is 0 Å². The minimum absolute atomic E-state index is 0.275. The van der Waals surface area contributed by atoms with Crippen molar-refractivity contribution in [3.05, 3.63) is 39.8 Å². The van der Waals surface area contributed by atoms with Crippen molar-refractivity contribution < 1.29 is 0 Å². The Hall–Kier alpha value is -0.650. The van der Waals surface area contributed by atoms with E-state index in [1.54, 1.807) is 6.20 Å². The molecule has 0 amide bonds. The third-order valence-corrected chi connectivity index (χ3v) is 4.02. The van der Waals surface area contributed by atoms with Crippen LogP contribution in [-0.4, -0.2) is 15.0 Å². The molecule has 2 aromatic heterocycles. The number of halogens is 2. The van der Waals surface area contributed by atoms with E-state index in [0.29, 0.717) is 5.15 Å². The number of rotatable bonds is 3. The van der Waals surface area contributed by atoms with Crippen molar-refractivity contribution in [2.75, 3.05) is 0 Å². The zero-order chi connectivity index (χ0) is 13.1. The van der Waals surface area contributed by atoms with Gasteiger partial charge in [-0.15, -0.1) is 0 Å². The van der Waals surface area contributed by atoms with Gasteiger partial charge in [0.1, 0.15) is 21.5 Å². The second-order valence-corrected chi connectivity index (χ2v) is 6.24. The van der Waals surface area contributed by atoms with E-state index in [1.807, 2.05) is 12.1 Å². The second-order valence-electron chi connectivity index (χ2n) is 3.95. The highest BCUT2D eigenvalue weighted by atomic mass is 79.9. The third kappa shape index (κ3) is 3.22. The van der Waals surface area contributed by atoms with Gasteiger partial charge in [0.05, 0.1) is 0 Å². The second kappa shape index (κ2) is 5.99. The van der Waals surface area contributed by atoms with Crippen molar-refractivity contribution in [3.63, 3.8) is 0 Å². The van der Waals surface area contributed by atoms with Gasteiger partial charge in [-0.05, 0) is 45.7 Å². The molecule has 0 aliphatic rings. The van der Waals surface area contributed by atoms with Gasteiger partial charge in [0.15, 0.2) is 0 Å². The standard InChI is InChI=1S/C12H11BrClN3S/c1-7(2)10-11(14)16-6-17-12(10)18-9-4-3-8(13)5-15-9/h3-7H,1-2H3. The van der Waals surface area contributed by atoms with Crippen molar-refractivity contribution in [3.8, 4) is 0 Å². The highest BCUT2D eigenvalue weighted by molar-refractivity contribution is 9.10. The van der Waals surface area contributed by atoms with Gasteiger partial charge in [0.25, 0.3) is 0 Å². The Balaban J connectivity index is 2.34. The van der Waals surface area contributed by atoms with Gasteiger partial charge in [-0.1, -0.05) is 25.4 Å². The van der Waals surface area contributed by atoms with Crippen LogP contribution in [0.5, 0.6) is 0 Å². The van der Waals surface area contributed by atoms with Crippen molar-refractivity contribution in [2.24, 2.45) is 0 Å². The number of aromatic nitrogens is 3. The molecular formula is C12H11BrClN3S. The lowest BCUT2D eigenvalue weighted by Crippen LogP contribution is -1.98. The fourth-order valence-electron chi connectivity index (χ4n) is 1.45. The summed E-state index contributed by atoms with van der Waals surface area (Å²) in [6.07, 6.45) is 3.25. The Morgan fingerprint density at radius 3 is 2.61 bits per heavy atom. The molecule has 0 saturated carbocycles. The van der Waals surface area contributed by atoms with E-state index in [1.165, 1.54) is 18.1 Å². The molecule has 2 heterocycles. The van der Waals surface area contributed by atoms with Crippen molar-refractivity contribution >= 4 is 39.3 Å². The van der Waals surface area contributed by atoms with Gasteiger partial charge in [0, 0.05) is 16.2 Å². The fraction of sp³-hybridized carbons (Fsp3) is 0.250. The van der Waals surface area contributed by atoms with E-state index in [4.69, 9.17) is 11.6 Å². The van der Waals surface area contributed by atoms with E-state index in [9.17, 15) is 0 Å². The molecule has 0 saturated heterocycles. The highest BCUT2D eigenvalue weighted by Crippen LogP contribution is 2.34. The van der Waals surface area contributed by atoms with Gasteiger partial charge in [-0.2, -0.15) is 0 Å². The topological polar surface area (TPSA) is 38.7 Å². The molecule has 0 bridgehead atoms. The van der Waals surface area contributed by atoms with Crippen LogP contribution in [0, 0.1) is 0 Å². The zero-order valence-electron chi connectivity index (χ0n) is 9.89. The molecule has 0 aliphatic carbocycles. The molecule has 2 aromatic rings. The molecule has 3 nitrogen and oxygen atoms in total. The van der Waals surface area contributed by atoms with E-state index in [2.05, 4.69) is 44.7 Å². The quantitative estimate of drug-likeness (QED) is 0.765. The van der Waals surface area contributed by atoms with Crippen molar-refractivity contribution in [1.29, 1.82) is 0 Å². The number of hydrogen-bond donors (Lipinski definition) is 0. The van der Waals surface area contributed by atoms with E-state index in [0.717, 1.165) is 20.1 Å². The van der Waals surface area contributed by atoms with Gasteiger partial charge < -0.3 is 0 Å². The lowest BCUT2D eigenvalue weighted by Gasteiger charge is -2.11. The molecule has 0 atom stereocenters. The maximum atomic E-state index is 6.12. The Morgan fingerprint density at radius 1 is 1.22 bits per heavy atom. The predicted octanol–water partition coefficient (Wildman–Crippen LogP) is 4.56. The zero-order valence-corrected chi connectivity index (χ0v) is 13.1. The minimum Gasteiger partial charge on any atom is -0.248 e. The molecule has 0 fully saturated rings. The molecule has 0 radical (unpaired) electrons. The molecule has 18 heavy (non-hydrogen) atoms. The lowest BCUT2D eigenvalue weighted by atomic mass is 10.1. The first-order valence-electron chi connectivity index (χ1n) is 5.37. The monoisotopic (exact) mass is 343 g/mol. The summed E-state index contributed by atoms with van der Waals surface area (Å²) in [6, 6.07) is 3.89. The number of nitrogens with zero attached hydrogens (tertiary/aromatic N) is 3. The molecule has 6 heteroatoms. The van der Waals surface area contributed by atoms with Crippen LogP contribution >= 0.6 is 39.3 Å². The molecular weight excluding hydrogens is 334 g/mol. The summed E-state index contributed by atoms with van der Waals surface area (Å²) in [5, 5.41) is 2.26. The summed E-state index contributed by atoms with van der Waals surface area (Å²) in [6.45, 7) is 4.15. The maximum absolute atomic E-state index is 6.12. The third-order valence-electron chi connectivity index (χ3n) is 2.28. The minimum atomic E-state index is 0.275. The molecule has 0 N–H and O–H groups in total. The Bertz CT molecular complexity index is 546. The number of pyridine rings is 1. The van der Waals surface area contributed by atoms with Crippen molar-refractivity contribution in [2.45, 2.75) is 29.8 Å². The van der Waals surface area contributed by atoms with Crippen LogP contribution in [0.2, 0.25) is 5.15 Å². The summed E-state index contributed by atoms with van der Waals surface area (Å²) >= 11 is 11.0. The van der Waals surface area contributed by atoms with Crippen LogP contribution in [-0.2, 0) is 0 Å². The van der Waals surface area contributed by atoms with Gasteiger partial charge in [0.2, 0.25) is 0 Å². The lowest BCUT2D eigenvalue weighted by molar-refractivity contribution is 0.802. The van der Waals surface area contributed by atoms with Crippen LogP contribution in [0.1, 0.15) is 25.3 Å². The summed E-state index contributed by atoms with van der Waals surface area (Å²) in [4.78, 5) is 12.6. The summed E-state index contributed by atoms with van der Waals surface area (Å²) in [5.41, 5.74) is 0.967. The molecule has 0 spiro atoms. The smallest absolute Gasteiger partial charge is 0.137 e. The highest BCUT2D eigenvalue weighted by Gasteiger charge is 2.14. The van der Waals surface area contributed by atoms with Crippen molar-refractivity contribution in [1.82, 2.24) is 15.0 Å². The van der Waals surface area contributed by atoms with Crippen LogP contribution in [0.15, 0.2) is 39.2 Å². The summed E-state index contributed by atoms with van der Waals surface area (Å²) in [7, 11) is 0. The van der Waals surface area contributed by atoms with Crippen LogP contribution in [0.3, 0.4) is 0 Å². The molecule has 2 rings (SSSR count). The first kappa shape index (κ1) is 13.8. The Morgan fingerprint density at radius 2 is 2.00 bits per heavy atom. The van der Waals surface area contributed by atoms with Gasteiger partial charge in [-0.3, -0.25) is 0 Å². The van der Waals surface area contributed by atoms with Gasteiger partial charge >= 0.3 is 0 Å². The van der Waals surface area contributed by atoms with E-state index in [-0.39, 0.29) is 5.92 Å². The van der Waals surface area contributed by atoms with Crippen LogP contribution in [0.25, 0.3) is 0 Å². The van der Waals surface area contributed by atoms with E-state index < -0.39 is 0 Å². The molecule has 0 aliphatic heterocycles. The maximum Gasteiger partial charge on any atom is 0.137 e. The molecule has 0 aromatic carbocycles. The predicted molar refractivity (Wildman–Crippen MR) is 77.2 cm³/mol. The molecule has 94 valence electrons. The average molecular weight is 345 g/mol. The summed E-state index contributed by atoms with van der Waals surface area (Å²) < 4.78 is 0.955. The van der Waals surface area contributed by atoms with Crippen LogP contribution < -0.4 is 0 Å². The Labute approximate surface area is 124 Å². The number of hydrogen-bond acceptors (Lipinski definition) is 4. The first-order chi connectivity index (χ1) is 8.58. The van der Waals surface area contributed by atoms with Crippen LogP contribution in [0.4, 0.5) is 0 Å². The molecule has 0 unspecified atom stereocenters. The first-order valence-corrected chi connectivity index (χ1v) is 7.36. The SMILES string of the molecule is CC(C)c1c(Cl)ncnc1Sc1ccc(Br)cn1. The normalized spacial score (nSPS) is 10.9. The largest absolute Gasteiger partial charge is 0.248 e. The Kier molecular flexibility index (Phi) is 4.59. The average Bonchev–Trinajstić information content (AvgIpc) is 2.32. The summed E-state index contributed by atoms with van der Waals surface area (Å²) in [5.74, 6) is 0.275.